The number of rotatable bonds is 1. The Hall–Kier alpha value is -1.13. The number of aryl methyl sites for hydroxylation is 1. The van der Waals surface area contributed by atoms with Crippen LogP contribution in [-0.4, -0.2) is 5.84 Å². The largest absolute Gasteiger partial charge is 0.320 e. The van der Waals surface area contributed by atoms with E-state index in [4.69, 9.17) is 5.41 Å². The van der Waals surface area contributed by atoms with Gasteiger partial charge >= 0.3 is 0 Å². The normalized spacial score (nSPS) is 13.8. The lowest BCUT2D eigenvalue weighted by Crippen LogP contribution is -2.24. The summed E-state index contributed by atoms with van der Waals surface area (Å²) in [6.45, 7) is 2.80. The molecule has 1 N–H and O–H groups in total. The molecular formula is C15H12Br2N2. The molecule has 0 bridgehead atoms. The first kappa shape index (κ1) is 12.9. The number of amidine groups is 1. The Labute approximate surface area is 129 Å². The van der Waals surface area contributed by atoms with Crippen LogP contribution in [0.1, 0.15) is 16.7 Å². The van der Waals surface area contributed by atoms with E-state index in [1.165, 1.54) is 11.1 Å². The molecule has 0 unspecified atom stereocenters. The second-order valence-corrected chi connectivity index (χ2v) is 6.38. The van der Waals surface area contributed by atoms with Gasteiger partial charge in [0.2, 0.25) is 0 Å². The van der Waals surface area contributed by atoms with Gasteiger partial charge in [-0.25, -0.2) is 0 Å². The number of benzene rings is 2. The molecule has 3 rings (SSSR count). The standard InChI is InChI=1S/C15H12Br2N2/c1-9-6-12(16)14(13(17)7-9)19-8-10-4-2-3-5-11(10)15(19)18/h2-7,18H,8H2,1H3. The first-order valence-electron chi connectivity index (χ1n) is 5.98. The van der Waals surface area contributed by atoms with Crippen LogP contribution in [0, 0.1) is 12.3 Å². The van der Waals surface area contributed by atoms with Gasteiger partial charge in [-0.1, -0.05) is 24.3 Å². The molecule has 0 aliphatic carbocycles. The molecule has 1 heterocycles. The highest BCUT2D eigenvalue weighted by Crippen LogP contribution is 2.39. The molecule has 0 saturated carbocycles. The molecule has 0 saturated heterocycles. The minimum absolute atomic E-state index is 0.556. The number of nitrogens with one attached hydrogen (secondary N) is 1. The summed E-state index contributed by atoms with van der Waals surface area (Å²) in [7, 11) is 0. The summed E-state index contributed by atoms with van der Waals surface area (Å²) in [5, 5.41) is 8.36. The highest BCUT2D eigenvalue weighted by atomic mass is 79.9. The van der Waals surface area contributed by atoms with Crippen LogP contribution in [0.4, 0.5) is 5.69 Å². The average molecular weight is 380 g/mol. The smallest absolute Gasteiger partial charge is 0.133 e. The maximum Gasteiger partial charge on any atom is 0.133 e. The Bertz CT molecular complexity index is 657. The fourth-order valence-corrected chi connectivity index (χ4v) is 4.27. The summed E-state index contributed by atoms with van der Waals surface area (Å²) in [5.74, 6) is 0.556. The van der Waals surface area contributed by atoms with Crippen LogP contribution in [0.2, 0.25) is 0 Å². The zero-order valence-electron chi connectivity index (χ0n) is 10.4. The van der Waals surface area contributed by atoms with Crippen LogP contribution in [0.3, 0.4) is 0 Å². The third-order valence-corrected chi connectivity index (χ3v) is 4.51. The molecule has 0 amide bonds. The zero-order chi connectivity index (χ0) is 13.6. The van der Waals surface area contributed by atoms with Gasteiger partial charge in [0, 0.05) is 14.5 Å². The Morgan fingerprint density at radius 2 is 1.74 bits per heavy atom. The highest BCUT2D eigenvalue weighted by Gasteiger charge is 2.27. The number of fused-ring (bicyclic) bond motifs is 1. The fourth-order valence-electron chi connectivity index (χ4n) is 2.42. The second-order valence-electron chi connectivity index (χ2n) is 4.67. The van der Waals surface area contributed by atoms with E-state index in [9.17, 15) is 0 Å². The molecule has 1 aliphatic rings. The quantitative estimate of drug-likeness (QED) is 0.752. The van der Waals surface area contributed by atoms with Gasteiger partial charge in [0.05, 0.1) is 12.2 Å². The van der Waals surface area contributed by atoms with Crippen molar-refractivity contribution in [3.63, 3.8) is 0 Å². The molecule has 0 fully saturated rings. The summed E-state index contributed by atoms with van der Waals surface area (Å²) in [4.78, 5) is 2.03. The van der Waals surface area contributed by atoms with Crippen molar-refractivity contribution in [1.29, 1.82) is 5.41 Å². The van der Waals surface area contributed by atoms with E-state index in [1.807, 2.05) is 23.1 Å². The minimum Gasteiger partial charge on any atom is -0.320 e. The second kappa shape index (κ2) is 4.76. The van der Waals surface area contributed by atoms with Gasteiger partial charge < -0.3 is 4.90 Å². The number of nitrogens with zero attached hydrogens (tertiary/aromatic N) is 1. The van der Waals surface area contributed by atoms with E-state index in [0.29, 0.717) is 5.84 Å². The van der Waals surface area contributed by atoms with Crippen LogP contribution in [-0.2, 0) is 6.54 Å². The summed E-state index contributed by atoms with van der Waals surface area (Å²) < 4.78 is 2.02. The molecule has 0 aromatic heterocycles. The van der Waals surface area contributed by atoms with Crippen LogP contribution in [0.5, 0.6) is 0 Å². The third kappa shape index (κ3) is 2.13. The van der Waals surface area contributed by atoms with Crippen molar-refractivity contribution in [1.82, 2.24) is 0 Å². The third-order valence-electron chi connectivity index (χ3n) is 3.30. The predicted molar refractivity (Wildman–Crippen MR) is 86.0 cm³/mol. The molecule has 2 aromatic rings. The first-order chi connectivity index (χ1) is 9.08. The highest BCUT2D eigenvalue weighted by molar-refractivity contribution is 9.11. The van der Waals surface area contributed by atoms with Crippen LogP contribution in [0.15, 0.2) is 45.3 Å². The van der Waals surface area contributed by atoms with Crippen LogP contribution < -0.4 is 4.90 Å². The topological polar surface area (TPSA) is 27.1 Å². The zero-order valence-corrected chi connectivity index (χ0v) is 13.5. The summed E-state index contributed by atoms with van der Waals surface area (Å²) in [6.07, 6.45) is 0. The predicted octanol–water partition coefficient (Wildman–Crippen LogP) is 4.87. The van der Waals surface area contributed by atoms with E-state index in [-0.39, 0.29) is 0 Å². The molecule has 0 atom stereocenters. The lowest BCUT2D eigenvalue weighted by Gasteiger charge is -2.21. The summed E-state index contributed by atoms with van der Waals surface area (Å²) in [5.41, 5.74) is 4.42. The maximum atomic E-state index is 8.36. The average Bonchev–Trinajstić information content (AvgIpc) is 2.66. The SMILES string of the molecule is Cc1cc(Br)c(N2Cc3ccccc3C2=N)c(Br)c1. The van der Waals surface area contributed by atoms with Gasteiger partial charge in [-0.15, -0.1) is 0 Å². The van der Waals surface area contributed by atoms with Crippen molar-refractivity contribution < 1.29 is 0 Å². The van der Waals surface area contributed by atoms with E-state index >= 15 is 0 Å². The molecule has 4 heteroatoms. The van der Waals surface area contributed by atoms with Crippen LogP contribution >= 0.6 is 31.9 Å². The molecule has 0 spiro atoms. The van der Waals surface area contributed by atoms with Gasteiger partial charge in [-0.3, -0.25) is 5.41 Å². The van der Waals surface area contributed by atoms with E-state index in [1.54, 1.807) is 0 Å². The minimum atomic E-state index is 0.556. The number of hydrogen-bond acceptors (Lipinski definition) is 1. The molecule has 1 aliphatic heterocycles. The molecular weight excluding hydrogens is 368 g/mol. The van der Waals surface area contributed by atoms with Crippen LogP contribution in [0.25, 0.3) is 0 Å². The van der Waals surface area contributed by atoms with Gasteiger partial charge in [0.1, 0.15) is 5.84 Å². The lowest BCUT2D eigenvalue weighted by molar-refractivity contribution is 1.04. The van der Waals surface area contributed by atoms with Crippen molar-refractivity contribution >= 4 is 43.4 Å². The van der Waals surface area contributed by atoms with Crippen molar-refractivity contribution in [3.8, 4) is 0 Å². The fraction of sp³-hybridized carbons (Fsp3) is 0.133. The molecule has 2 aromatic carbocycles. The Morgan fingerprint density at radius 3 is 2.37 bits per heavy atom. The van der Waals surface area contributed by atoms with Gasteiger partial charge in [0.25, 0.3) is 0 Å². The maximum absolute atomic E-state index is 8.36. The Morgan fingerprint density at radius 1 is 1.11 bits per heavy atom. The number of anilines is 1. The molecule has 19 heavy (non-hydrogen) atoms. The van der Waals surface area contributed by atoms with E-state index < -0.39 is 0 Å². The Kier molecular flexibility index (Phi) is 3.23. The number of hydrogen-bond donors (Lipinski definition) is 1. The van der Waals surface area contributed by atoms with E-state index in [2.05, 4.69) is 57.0 Å². The summed E-state index contributed by atoms with van der Waals surface area (Å²) >= 11 is 7.22. The molecule has 2 nitrogen and oxygen atoms in total. The molecule has 96 valence electrons. The number of halogens is 2. The van der Waals surface area contributed by atoms with E-state index in [0.717, 1.165) is 26.7 Å². The van der Waals surface area contributed by atoms with Crippen molar-refractivity contribution in [2.24, 2.45) is 0 Å². The van der Waals surface area contributed by atoms with Gasteiger partial charge in [0.15, 0.2) is 0 Å². The molecule has 0 radical (unpaired) electrons. The first-order valence-corrected chi connectivity index (χ1v) is 7.56. The van der Waals surface area contributed by atoms with Crippen molar-refractivity contribution in [3.05, 3.63) is 62.0 Å². The van der Waals surface area contributed by atoms with Crippen molar-refractivity contribution in [2.45, 2.75) is 13.5 Å². The van der Waals surface area contributed by atoms with Crippen molar-refractivity contribution in [2.75, 3.05) is 4.90 Å². The monoisotopic (exact) mass is 378 g/mol. The lowest BCUT2D eigenvalue weighted by atomic mass is 10.1. The Balaban J connectivity index is 2.10. The summed E-state index contributed by atoms with van der Waals surface area (Å²) in [6, 6.07) is 12.3. The van der Waals surface area contributed by atoms with Gasteiger partial charge in [-0.2, -0.15) is 0 Å². The van der Waals surface area contributed by atoms with Gasteiger partial charge in [-0.05, 0) is 62.0 Å².